The summed E-state index contributed by atoms with van der Waals surface area (Å²) in [7, 11) is 0. The fourth-order valence-corrected chi connectivity index (χ4v) is 6.75. The van der Waals surface area contributed by atoms with E-state index >= 15 is 4.39 Å². The third-order valence-electron chi connectivity index (χ3n) is 9.17. The number of carbonyl (C=O) groups is 4. The average molecular weight is 729 g/mol. The zero-order valence-electron chi connectivity index (χ0n) is 27.2. The molecule has 7 rings (SSSR count). The Morgan fingerprint density at radius 2 is 1.73 bits per heavy atom. The van der Waals surface area contributed by atoms with Gasteiger partial charge in [-0.05, 0) is 60.4 Å². The Hall–Kier alpha value is -5.78. The minimum atomic E-state index is -5.08. The predicted octanol–water partition coefficient (Wildman–Crippen LogP) is 5.54. The molecule has 3 amide bonds. The molecule has 3 aliphatic rings. The highest BCUT2D eigenvalue weighted by atomic mass is 19.4. The maximum Gasteiger partial charge on any atom is 0.490 e. The van der Waals surface area contributed by atoms with Crippen LogP contribution in [0.3, 0.4) is 0 Å². The monoisotopic (exact) mass is 728 g/mol. The summed E-state index contributed by atoms with van der Waals surface area (Å²) < 4.78 is 66.7. The Balaban J connectivity index is 0.000000604. The highest BCUT2D eigenvalue weighted by molar-refractivity contribution is 6.05. The van der Waals surface area contributed by atoms with Crippen molar-refractivity contribution in [2.75, 3.05) is 24.5 Å². The van der Waals surface area contributed by atoms with Crippen LogP contribution >= 0.6 is 0 Å². The lowest BCUT2D eigenvalue weighted by molar-refractivity contribution is -0.192. The molecular weight excluding hydrogens is 699 g/mol. The molecule has 0 atom stereocenters. The van der Waals surface area contributed by atoms with E-state index in [0.29, 0.717) is 23.4 Å². The number of amides is 3. The number of aromatic carboxylic acids is 1. The molecule has 3 fully saturated rings. The number of carboxylic acids is 2. The summed E-state index contributed by atoms with van der Waals surface area (Å²) in [6.07, 6.45) is -1.58. The number of hydrogen-bond acceptors (Lipinski definition) is 9. The topological polar surface area (TPSA) is 179 Å². The Kier molecular flexibility index (Phi) is 9.52. The average Bonchev–Trinajstić information content (AvgIpc) is 3.53. The summed E-state index contributed by atoms with van der Waals surface area (Å²) in [6.45, 7) is 4.25. The van der Waals surface area contributed by atoms with E-state index in [2.05, 4.69) is 25.3 Å². The first-order valence-electron chi connectivity index (χ1n) is 15.8. The van der Waals surface area contributed by atoms with Crippen molar-refractivity contribution in [1.29, 1.82) is 0 Å². The van der Waals surface area contributed by atoms with Crippen LogP contribution in [-0.4, -0.2) is 79.9 Å². The molecule has 52 heavy (non-hydrogen) atoms. The maximum atomic E-state index is 15.3. The Morgan fingerprint density at radius 3 is 2.31 bits per heavy atom. The molecule has 0 unspecified atom stereocenters. The minimum absolute atomic E-state index is 0.138. The molecule has 3 N–H and O–H groups in total. The zero-order valence-corrected chi connectivity index (χ0v) is 27.2. The van der Waals surface area contributed by atoms with Crippen molar-refractivity contribution >= 4 is 29.6 Å². The van der Waals surface area contributed by atoms with Crippen molar-refractivity contribution in [3.8, 4) is 22.6 Å². The molecule has 272 valence electrons. The molecule has 13 nitrogen and oxygen atoms in total. The van der Waals surface area contributed by atoms with E-state index in [-0.39, 0.29) is 59.0 Å². The molecule has 1 saturated carbocycles. The van der Waals surface area contributed by atoms with Gasteiger partial charge in [-0.1, -0.05) is 23.4 Å². The lowest BCUT2D eigenvalue weighted by atomic mass is 9.56. The fourth-order valence-electron chi connectivity index (χ4n) is 6.75. The summed E-state index contributed by atoms with van der Waals surface area (Å²) in [5, 5.41) is 22.1. The van der Waals surface area contributed by atoms with E-state index in [4.69, 9.17) is 19.5 Å². The van der Waals surface area contributed by atoms with Crippen LogP contribution in [-0.2, 0) is 16.1 Å². The van der Waals surface area contributed by atoms with Gasteiger partial charge >= 0.3 is 24.1 Å². The van der Waals surface area contributed by atoms with E-state index in [9.17, 15) is 31.9 Å². The van der Waals surface area contributed by atoms with Gasteiger partial charge in [-0.15, -0.1) is 0 Å². The van der Waals surface area contributed by atoms with Gasteiger partial charge in [0.25, 0.3) is 0 Å². The number of hydrogen-bond donors (Lipinski definition) is 3. The number of rotatable bonds is 7. The predicted molar refractivity (Wildman–Crippen MR) is 170 cm³/mol. The van der Waals surface area contributed by atoms with Crippen LogP contribution in [0.15, 0.2) is 53.2 Å². The van der Waals surface area contributed by atoms with Gasteiger partial charge in [0.15, 0.2) is 11.5 Å². The SMILES string of the molecule is Cc1nc(-c2cc(C(=O)O)on2)ncc1-c1ccc(CN2CC3(CC(c4ccc(N5CCC(=O)NC5=O)c(F)c4)C3)C2)cc1F.O=C(O)C(F)(F)F. The molecule has 0 radical (unpaired) electrons. The number of halogens is 5. The molecule has 1 aliphatic carbocycles. The number of aliphatic carboxylic acids is 1. The number of urea groups is 1. The fraction of sp³-hybridized carbons (Fsp3) is 0.324. The number of likely N-dealkylation sites (tertiary alicyclic amines) is 1. The molecule has 2 saturated heterocycles. The molecule has 18 heteroatoms. The zero-order chi connectivity index (χ0) is 37.5. The van der Waals surface area contributed by atoms with Crippen molar-refractivity contribution in [3.05, 3.63) is 82.9 Å². The van der Waals surface area contributed by atoms with E-state index in [1.807, 2.05) is 12.1 Å². The standard InChI is InChI=1S/C32H28F2N6O5.C2HF3O2/c1-17-22(13-35-29(36-17)25-10-27(30(42)43)45-38-25)21-4-2-18(8-23(21)33)14-39-15-32(16-39)11-20(12-32)19-3-5-26(24(34)9-19)40-7-6-28(41)37-31(40)44;3-2(4,5)1(6)7/h2-5,8-10,13,20H,6-7,11-12,14-16H2,1H3,(H,42,43)(H,37,41,44);(H,6,7). The van der Waals surface area contributed by atoms with Crippen molar-refractivity contribution in [3.63, 3.8) is 0 Å². The highest BCUT2D eigenvalue weighted by Gasteiger charge is 2.52. The van der Waals surface area contributed by atoms with Gasteiger partial charge in [0.05, 0.1) is 5.69 Å². The number of benzene rings is 2. The third-order valence-corrected chi connectivity index (χ3v) is 9.17. The summed E-state index contributed by atoms with van der Waals surface area (Å²) in [5.41, 5.74) is 3.68. The van der Waals surface area contributed by atoms with Crippen LogP contribution in [0.1, 0.15) is 52.6 Å². The van der Waals surface area contributed by atoms with E-state index in [1.54, 1.807) is 19.1 Å². The number of alkyl halides is 3. The number of anilines is 1. The second-order valence-corrected chi connectivity index (χ2v) is 12.9. The number of carboxylic acid groups (broad SMARTS) is 2. The first-order chi connectivity index (χ1) is 24.5. The number of aryl methyl sites for hydroxylation is 1. The van der Waals surface area contributed by atoms with E-state index in [0.717, 1.165) is 37.1 Å². The molecule has 2 aliphatic heterocycles. The first-order valence-corrected chi connectivity index (χ1v) is 15.8. The van der Waals surface area contributed by atoms with Crippen molar-refractivity contribution < 1.29 is 55.9 Å². The van der Waals surface area contributed by atoms with Crippen LogP contribution in [0.25, 0.3) is 22.6 Å². The van der Waals surface area contributed by atoms with Gasteiger partial charge in [-0.2, -0.15) is 13.2 Å². The van der Waals surface area contributed by atoms with Gasteiger partial charge in [0, 0.05) is 61.7 Å². The van der Waals surface area contributed by atoms with E-state index < -0.39 is 30.0 Å². The first kappa shape index (κ1) is 36.0. The number of carbonyl (C=O) groups excluding carboxylic acids is 2. The Labute approximate surface area is 291 Å². The van der Waals surface area contributed by atoms with Crippen LogP contribution in [0.2, 0.25) is 0 Å². The second kappa shape index (κ2) is 13.7. The number of nitrogens with zero attached hydrogens (tertiary/aromatic N) is 5. The third kappa shape index (κ3) is 7.46. The van der Waals surface area contributed by atoms with Crippen LogP contribution < -0.4 is 10.2 Å². The molecule has 4 aromatic rings. The Morgan fingerprint density at radius 1 is 1.02 bits per heavy atom. The van der Waals surface area contributed by atoms with Crippen LogP contribution in [0, 0.1) is 24.0 Å². The normalized spacial score (nSPS) is 17.2. The molecule has 0 bridgehead atoms. The minimum Gasteiger partial charge on any atom is -0.475 e. The van der Waals surface area contributed by atoms with Crippen LogP contribution in [0.4, 0.5) is 32.4 Å². The van der Waals surface area contributed by atoms with E-state index in [1.165, 1.54) is 29.3 Å². The second-order valence-electron chi connectivity index (χ2n) is 12.9. The summed E-state index contributed by atoms with van der Waals surface area (Å²) in [6, 6.07) is 10.7. The molecule has 4 heterocycles. The van der Waals surface area contributed by atoms with Crippen molar-refractivity contribution in [2.24, 2.45) is 5.41 Å². The lowest BCUT2D eigenvalue weighted by Gasteiger charge is -2.59. The summed E-state index contributed by atoms with van der Waals surface area (Å²) in [4.78, 5) is 55.6. The largest absolute Gasteiger partial charge is 0.490 e. The molecule has 2 aromatic heterocycles. The van der Waals surface area contributed by atoms with Gasteiger partial charge in [0.1, 0.15) is 11.6 Å². The summed E-state index contributed by atoms with van der Waals surface area (Å²) >= 11 is 0. The van der Waals surface area contributed by atoms with Gasteiger partial charge in [-0.3, -0.25) is 19.9 Å². The number of aromatic nitrogens is 3. The highest BCUT2D eigenvalue weighted by Crippen LogP contribution is 2.56. The van der Waals surface area contributed by atoms with Gasteiger partial charge in [-0.25, -0.2) is 33.1 Å². The van der Waals surface area contributed by atoms with Crippen molar-refractivity contribution in [2.45, 2.75) is 44.8 Å². The lowest BCUT2D eigenvalue weighted by Crippen LogP contribution is -2.61. The Bertz CT molecular complexity index is 2070. The van der Waals surface area contributed by atoms with Crippen molar-refractivity contribution in [1.82, 2.24) is 25.3 Å². The number of nitrogens with one attached hydrogen (secondary N) is 1. The van der Waals surface area contributed by atoms with Gasteiger partial charge < -0.3 is 14.7 Å². The quantitative estimate of drug-likeness (QED) is 0.204. The van der Waals surface area contributed by atoms with Gasteiger partial charge in [0.2, 0.25) is 11.7 Å². The maximum absolute atomic E-state index is 15.3. The smallest absolute Gasteiger partial charge is 0.475 e. The summed E-state index contributed by atoms with van der Waals surface area (Å²) in [5.74, 6) is -5.13. The molecule has 1 spiro atoms. The molecule has 2 aromatic carbocycles. The van der Waals surface area contributed by atoms with Crippen LogP contribution in [0.5, 0.6) is 0 Å². The number of imide groups is 1. The molecular formula is C34H29F5N6O7.